The van der Waals surface area contributed by atoms with Crippen LogP contribution in [0.5, 0.6) is 0 Å². The number of nitrogens with one attached hydrogen (secondary N) is 2. The predicted molar refractivity (Wildman–Crippen MR) is 59.7 cm³/mol. The molecule has 1 saturated heterocycles. The molecule has 4 heteroatoms. The van der Waals surface area contributed by atoms with Crippen LogP contribution < -0.4 is 10.6 Å². The molecule has 0 radical (unpaired) electrons. The molecule has 15 heavy (non-hydrogen) atoms. The van der Waals surface area contributed by atoms with Crippen LogP contribution in [0.1, 0.15) is 26.2 Å². The van der Waals surface area contributed by atoms with E-state index in [1.165, 1.54) is 12.8 Å². The first kappa shape index (κ1) is 12.5. The van der Waals surface area contributed by atoms with Crippen LogP contribution in [0.4, 0.5) is 0 Å². The van der Waals surface area contributed by atoms with Gasteiger partial charge in [-0.2, -0.15) is 0 Å². The van der Waals surface area contributed by atoms with Gasteiger partial charge in [0, 0.05) is 26.1 Å². The first-order valence-electron chi connectivity index (χ1n) is 5.73. The van der Waals surface area contributed by atoms with Crippen LogP contribution >= 0.6 is 0 Å². The number of piperidine rings is 1. The van der Waals surface area contributed by atoms with E-state index in [9.17, 15) is 4.79 Å². The Morgan fingerprint density at radius 2 is 2.40 bits per heavy atom. The van der Waals surface area contributed by atoms with E-state index < -0.39 is 0 Å². The summed E-state index contributed by atoms with van der Waals surface area (Å²) < 4.78 is 4.87. The fourth-order valence-electron chi connectivity index (χ4n) is 1.95. The minimum absolute atomic E-state index is 0.123. The number of amides is 1. The second-order valence-corrected chi connectivity index (χ2v) is 4.23. The zero-order valence-electron chi connectivity index (χ0n) is 9.71. The van der Waals surface area contributed by atoms with Crippen LogP contribution in [-0.4, -0.2) is 38.8 Å². The molecule has 0 aromatic rings. The summed E-state index contributed by atoms with van der Waals surface area (Å²) in [6, 6.07) is 0.348. The average Bonchev–Trinajstić information content (AvgIpc) is 2.22. The second-order valence-electron chi connectivity index (χ2n) is 4.23. The van der Waals surface area contributed by atoms with Gasteiger partial charge in [-0.15, -0.1) is 0 Å². The van der Waals surface area contributed by atoms with Crippen LogP contribution in [0.25, 0.3) is 0 Å². The van der Waals surface area contributed by atoms with E-state index in [1.807, 2.05) is 0 Å². The number of ether oxygens (including phenoxy) is 1. The van der Waals surface area contributed by atoms with E-state index >= 15 is 0 Å². The van der Waals surface area contributed by atoms with Gasteiger partial charge in [-0.3, -0.25) is 4.79 Å². The van der Waals surface area contributed by atoms with E-state index in [-0.39, 0.29) is 5.91 Å². The largest absolute Gasteiger partial charge is 0.383 e. The van der Waals surface area contributed by atoms with E-state index in [0.29, 0.717) is 31.5 Å². The summed E-state index contributed by atoms with van der Waals surface area (Å²) in [6.45, 7) is 4.44. The van der Waals surface area contributed by atoms with Gasteiger partial charge in [0.15, 0.2) is 0 Å². The zero-order valence-corrected chi connectivity index (χ0v) is 9.71. The molecular formula is C11H22N2O2. The summed E-state index contributed by atoms with van der Waals surface area (Å²) in [5, 5.41) is 6.25. The van der Waals surface area contributed by atoms with E-state index in [1.54, 1.807) is 7.11 Å². The molecular weight excluding hydrogens is 192 g/mol. The van der Waals surface area contributed by atoms with Crippen LogP contribution in [0.15, 0.2) is 0 Å². The van der Waals surface area contributed by atoms with Crippen LogP contribution in [0.3, 0.4) is 0 Å². The molecule has 1 aliphatic rings. The maximum absolute atomic E-state index is 11.5. The Morgan fingerprint density at radius 3 is 3.07 bits per heavy atom. The van der Waals surface area contributed by atoms with E-state index in [0.717, 1.165) is 6.54 Å². The number of carbonyl (C=O) groups is 1. The van der Waals surface area contributed by atoms with Crippen molar-refractivity contribution in [1.82, 2.24) is 10.6 Å². The third-order valence-corrected chi connectivity index (χ3v) is 2.96. The molecule has 2 unspecified atom stereocenters. The number of methoxy groups -OCH3 is 1. The minimum Gasteiger partial charge on any atom is -0.383 e. The molecule has 0 aromatic heterocycles. The first-order chi connectivity index (χ1) is 7.24. The normalized spacial score (nSPS) is 26.3. The fraction of sp³-hybridized carbons (Fsp3) is 0.909. The molecule has 1 fully saturated rings. The van der Waals surface area contributed by atoms with Crippen molar-refractivity contribution in [2.45, 2.75) is 32.2 Å². The Balaban J connectivity index is 2.18. The Kier molecular flexibility index (Phi) is 5.65. The second kappa shape index (κ2) is 6.80. The number of carbonyl (C=O) groups excluding carboxylic acids is 1. The highest BCUT2D eigenvalue weighted by molar-refractivity contribution is 5.76. The van der Waals surface area contributed by atoms with E-state index in [4.69, 9.17) is 4.74 Å². The standard InChI is InChI=1S/C11H22N2O2/c1-9-4-3-5-12-10(9)8-11(14)13-6-7-15-2/h9-10,12H,3-8H2,1-2H3,(H,13,14). The SMILES string of the molecule is COCCNC(=O)CC1NCCCC1C. The summed E-state index contributed by atoms with van der Waals surface area (Å²) in [5.74, 6) is 0.727. The Morgan fingerprint density at radius 1 is 1.60 bits per heavy atom. The molecule has 1 amide bonds. The Bertz CT molecular complexity index is 197. The van der Waals surface area contributed by atoms with Gasteiger partial charge in [0.25, 0.3) is 0 Å². The minimum atomic E-state index is 0.123. The number of hydrogen-bond donors (Lipinski definition) is 2. The summed E-state index contributed by atoms with van der Waals surface area (Å²) >= 11 is 0. The van der Waals surface area contributed by atoms with Crippen molar-refractivity contribution in [3.8, 4) is 0 Å². The molecule has 1 rings (SSSR count). The highest BCUT2D eigenvalue weighted by Gasteiger charge is 2.22. The summed E-state index contributed by atoms with van der Waals surface area (Å²) in [6.07, 6.45) is 3.04. The van der Waals surface area contributed by atoms with Crippen molar-refractivity contribution >= 4 is 5.91 Å². The molecule has 2 N–H and O–H groups in total. The Hall–Kier alpha value is -0.610. The molecule has 2 atom stereocenters. The lowest BCUT2D eigenvalue weighted by molar-refractivity contribution is -0.122. The van der Waals surface area contributed by atoms with Crippen LogP contribution in [0, 0.1) is 5.92 Å². The fourth-order valence-corrected chi connectivity index (χ4v) is 1.95. The van der Waals surface area contributed by atoms with Crippen molar-refractivity contribution < 1.29 is 9.53 Å². The lowest BCUT2D eigenvalue weighted by atomic mass is 9.90. The monoisotopic (exact) mass is 214 g/mol. The molecule has 1 aliphatic heterocycles. The van der Waals surface area contributed by atoms with Crippen molar-refractivity contribution in [3.05, 3.63) is 0 Å². The summed E-state index contributed by atoms with van der Waals surface area (Å²) in [5.41, 5.74) is 0. The predicted octanol–water partition coefficient (Wildman–Crippen LogP) is 0.527. The molecule has 4 nitrogen and oxygen atoms in total. The topological polar surface area (TPSA) is 50.4 Å². The van der Waals surface area contributed by atoms with Gasteiger partial charge < -0.3 is 15.4 Å². The Labute approximate surface area is 91.8 Å². The van der Waals surface area contributed by atoms with Gasteiger partial charge in [-0.1, -0.05) is 6.92 Å². The van der Waals surface area contributed by atoms with Gasteiger partial charge in [0.05, 0.1) is 6.61 Å². The van der Waals surface area contributed by atoms with Crippen molar-refractivity contribution in [3.63, 3.8) is 0 Å². The van der Waals surface area contributed by atoms with Crippen molar-refractivity contribution in [1.29, 1.82) is 0 Å². The molecule has 88 valence electrons. The van der Waals surface area contributed by atoms with Gasteiger partial charge in [-0.25, -0.2) is 0 Å². The summed E-state index contributed by atoms with van der Waals surface area (Å²) in [4.78, 5) is 11.5. The van der Waals surface area contributed by atoms with Crippen molar-refractivity contribution in [2.75, 3.05) is 26.8 Å². The maximum atomic E-state index is 11.5. The highest BCUT2D eigenvalue weighted by atomic mass is 16.5. The smallest absolute Gasteiger partial charge is 0.221 e. The average molecular weight is 214 g/mol. The van der Waals surface area contributed by atoms with E-state index in [2.05, 4.69) is 17.6 Å². The highest BCUT2D eigenvalue weighted by Crippen LogP contribution is 2.17. The molecule has 0 saturated carbocycles. The summed E-state index contributed by atoms with van der Waals surface area (Å²) in [7, 11) is 1.64. The molecule has 0 spiro atoms. The molecule has 0 aromatic carbocycles. The third kappa shape index (κ3) is 4.62. The van der Waals surface area contributed by atoms with Crippen LogP contribution in [-0.2, 0) is 9.53 Å². The third-order valence-electron chi connectivity index (χ3n) is 2.96. The maximum Gasteiger partial charge on any atom is 0.221 e. The lowest BCUT2D eigenvalue weighted by Gasteiger charge is -2.29. The van der Waals surface area contributed by atoms with Crippen molar-refractivity contribution in [2.24, 2.45) is 5.92 Å². The zero-order chi connectivity index (χ0) is 11.1. The molecule has 0 aliphatic carbocycles. The van der Waals surface area contributed by atoms with Gasteiger partial charge in [-0.05, 0) is 25.3 Å². The lowest BCUT2D eigenvalue weighted by Crippen LogP contribution is -2.43. The van der Waals surface area contributed by atoms with Gasteiger partial charge >= 0.3 is 0 Å². The number of rotatable bonds is 5. The quantitative estimate of drug-likeness (QED) is 0.656. The number of hydrogen-bond acceptors (Lipinski definition) is 3. The van der Waals surface area contributed by atoms with Gasteiger partial charge in [0.1, 0.15) is 0 Å². The van der Waals surface area contributed by atoms with Gasteiger partial charge in [0.2, 0.25) is 5.91 Å². The first-order valence-corrected chi connectivity index (χ1v) is 5.73. The van der Waals surface area contributed by atoms with Crippen LogP contribution in [0.2, 0.25) is 0 Å². The molecule has 1 heterocycles. The molecule has 0 bridgehead atoms.